The quantitative estimate of drug-likeness (QED) is 0.669. The van der Waals surface area contributed by atoms with Gasteiger partial charge in [0, 0.05) is 23.7 Å². The summed E-state index contributed by atoms with van der Waals surface area (Å²) in [5.41, 5.74) is 5.98. The number of ether oxygens (including phenoxy) is 1. The molecular weight excluding hydrogens is 203 g/mol. The number of halogens is 2. The number of nitrogens with two attached hydrogens (primary N) is 1. The van der Waals surface area contributed by atoms with Gasteiger partial charge in [-0.2, -0.15) is 0 Å². The maximum atomic E-state index is 10.1. The van der Waals surface area contributed by atoms with Gasteiger partial charge in [0.05, 0.1) is 0 Å². The molecular formula is C6H10Cl2N2O2. The molecule has 3 N–H and O–H groups in total. The number of carbonyl (C=O) groups is 1. The molecule has 0 rings (SSSR count). The molecule has 0 aromatic carbocycles. The van der Waals surface area contributed by atoms with E-state index >= 15 is 0 Å². The zero-order valence-corrected chi connectivity index (χ0v) is 7.86. The first-order chi connectivity index (χ1) is 5.66. The number of primary amides is 1. The number of nitrogens with one attached hydrogen (secondary N) is 1. The van der Waals surface area contributed by atoms with Crippen molar-refractivity contribution in [1.29, 1.82) is 0 Å². The van der Waals surface area contributed by atoms with Crippen LogP contribution >= 0.6 is 23.2 Å². The highest BCUT2D eigenvalue weighted by atomic mass is 35.5. The van der Waals surface area contributed by atoms with Crippen LogP contribution < -0.4 is 11.1 Å². The summed E-state index contributed by atoms with van der Waals surface area (Å²) >= 11 is 10.8. The third-order valence-corrected chi connectivity index (χ3v) is 1.55. The molecule has 0 atom stereocenters. The van der Waals surface area contributed by atoms with Crippen molar-refractivity contribution < 1.29 is 9.53 Å². The molecule has 0 fully saturated rings. The van der Waals surface area contributed by atoms with E-state index in [9.17, 15) is 4.79 Å². The Morgan fingerprint density at radius 3 is 2.83 bits per heavy atom. The summed E-state index contributed by atoms with van der Waals surface area (Å²) in [6.45, 7) is 1.17. The molecule has 0 bridgehead atoms. The summed E-state index contributed by atoms with van der Waals surface area (Å²) in [5, 5.41) is 3.37. The third kappa shape index (κ3) is 7.65. The predicted molar refractivity (Wildman–Crippen MR) is 48.2 cm³/mol. The second kappa shape index (κ2) is 7.21. The summed E-state index contributed by atoms with van der Waals surface area (Å²) < 4.78 is 4.44. The van der Waals surface area contributed by atoms with E-state index in [0.717, 1.165) is 0 Å². The minimum atomic E-state index is -0.782. The fourth-order valence-corrected chi connectivity index (χ4v) is 0.642. The van der Waals surface area contributed by atoms with Gasteiger partial charge in [-0.25, -0.2) is 4.79 Å². The van der Waals surface area contributed by atoms with Gasteiger partial charge in [0.2, 0.25) is 0 Å². The Labute approximate surface area is 80.6 Å². The van der Waals surface area contributed by atoms with Gasteiger partial charge in [0.25, 0.3) is 0 Å². The standard InChI is InChI=1S/C6H10Cl2N2O2/c7-3-5(8)4-10-1-2-12-6(9)11/h3,10H,1-2,4H2,(H2,9,11). The number of hydrogen-bond acceptors (Lipinski definition) is 3. The smallest absolute Gasteiger partial charge is 0.404 e. The van der Waals surface area contributed by atoms with Crippen LogP contribution in [-0.2, 0) is 4.74 Å². The van der Waals surface area contributed by atoms with Crippen LogP contribution in [0.5, 0.6) is 0 Å². The lowest BCUT2D eigenvalue weighted by Crippen LogP contribution is -2.24. The molecule has 0 saturated heterocycles. The van der Waals surface area contributed by atoms with Crippen LogP contribution in [0.25, 0.3) is 0 Å². The Hall–Kier alpha value is -0.450. The highest BCUT2D eigenvalue weighted by Crippen LogP contribution is 1.99. The predicted octanol–water partition coefficient (Wildman–Crippen LogP) is 0.990. The van der Waals surface area contributed by atoms with Gasteiger partial charge in [-0.05, 0) is 0 Å². The minimum absolute atomic E-state index is 0.224. The first-order valence-electron chi connectivity index (χ1n) is 3.24. The summed E-state index contributed by atoms with van der Waals surface area (Å²) in [7, 11) is 0. The molecule has 0 heterocycles. The second-order valence-corrected chi connectivity index (χ2v) is 2.60. The maximum absolute atomic E-state index is 10.1. The maximum Gasteiger partial charge on any atom is 0.404 e. The summed E-state index contributed by atoms with van der Waals surface area (Å²) in [4.78, 5) is 10.1. The molecule has 4 nitrogen and oxygen atoms in total. The van der Waals surface area contributed by atoms with Crippen LogP contribution in [-0.4, -0.2) is 25.8 Å². The van der Waals surface area contributed by atoms with E-state index in [0.29, 0.717) is 18.1 Å². The molecule has 6 heteroatoms. The molecule has 1 amide bonds. The molecule has 0 aliphatic heterocycles. The Balaban J connectivity index is 3.16. The summed E-state index contributed by atoms with van der Waals surface area (Å²) in [6.07, 6.45) is -0.782. The number of amides is 1. The van der Waals surface area contributed by atoms with Crippen LogP contribution in [0, 0.1) is 0 Å². The van der Waals surface area contributed by atoms with Crippen molar-refractivity contribution in [2.45, 2.75) is 0 Å². The largest absolute Gasteiger partial charge is 0.448 e. The van der Waals surface area contributed by atoms with Gasteiger partial charge in [-0.15, -0.1) is 0 Å². The van der Waals surface area contributed by atoms with Crippen molar-refractivity contribution in [1.82, 2.24) is 5.32 Å². The number of rotatable bonds is 5. The van der Waals surface area contributed by atoms with Crippen LogP contribution in [0.2, 0.25) is 0 Å². The lowest BCUT2D eigenvalue weighted by molar-refractivity contribution is 0.157. The molecule has 0 aliphatic carbocycles. The first-order valence-corrected chi connectivity index (χ1v) is 4.06. The van der Waals surface area contributed by atoms with Crippen molar-refractivity contribution in [3.63, 3.8) is 0 Å². The number of hydrogen-bond donors (Lipinski definition) is 2. The van der Waals surface area contributed by atoms with E-state index in [4.69, 9.17) is 28.9 Å². The molecule has 12 heavy (non-hydrogen) atoms. The molecule has 0 aromatic heterocycles. The first kappa shape index (κ1) is 11.6. The van der Waals surface area contributed by atoms with Crippen molar-refractivity contribution in [2.24, 2.45) is 5.73 Å². The van der Waals surface area contributed by atoms with Crippen molar-refractivity contribution in [3.05, 3.63) is 10.6 Å². The Kier molecular flexibility index (Phi) is 6.94. The van der Waals surface area contributed by atoms with E-state index in [1.807, 2.05) is 0 Å². The van der Waals surface area contributed by atoms with Crippen LogP contribution in [0.15, 0.2) is 10.6 Å². The molecule has 70 valence electrons. The normalized spacial score (nSPS) is 11.3. The van der Waals surface area contributed by atoms with E-state index in [1.165, 1.54) is 5.54 Å². The van der Waals surface area contributed by atoms with Crippen LogP contribution in [0.1, 0.15) is 0 Å². The summed E-state index contributed by atoms with van der Waals surface area (Å²) in [6, 6.07) is 0. The monoisotopic (exact) mass is 212 g/mol. The van der Waals surface area contributed by atoms with E-state index in [-0.39, 0.29) is 6.61 Å². The van der Waals surface area contributed by atoms with Crippen LogP contribution in [0.4, 0.5) is 4.79 Å². The lowest BCUT2D eigenvalue weighted by atomic mass is 10.6. The van der Waals surface area contributed by atoms with Crippen molar-refractivity contribution >= 4 is 29.3 Å². The van der Waals surface area contributed by atoms with Crippen LogP contribution in [0.3, 0.4) is 0 Å². The fraction of sp³-hybridized carbons (Fsp3) is 0.500. The van der Waals surface area contributed by atoms with E-state index < -0.39 is 6.09 Å². The topological polar surface area (TPSA) is 64.4 Å². The van der Waals surface area contributed by atoms with Gasteiger partial charge in [0.15, 0.2) is 0 Å². The zero-order chi connectivity index (χ0) is 9.40. The fourth-order valence-electron chi connectivity index (χ4n) is 0.470. The van der Waals surface area contributed by atoms with E-state index in [2.05, 4.69) is 10.1 Å². The zero-order valence-electron chi connectivity index (χ0n) is 6.35. The van der Waals surface area contributed by atoms with Crippen molar-refractivity contribution in [3.8, 4) is 0 Å². The Morgan fingerprint density at radius 2 is 2.33 bits per heavy atom. The average molecular weight is 213 g/mol. The van der Waals surface area contributed by atoms with Crippen molar-refractivity contribution in [2.75, 3.05) is 19.7 Å². The second-order valence-electron chi connectivity index (χ2n) is 1.90. The van der Waals surface area contributed by atoms with Gasteiger partial charge in [-0.3, -0.25) is 0 Å². The molecule has 0 unspecified atom stereocenters. The lowest BCUT2D eigenvalue weighted by Gasteiger charge is -2.02. The van der Waals surface area contributed by atoms with Gasteiger partial charge < -0.3 is 15.8 Å². The molecule has 0 aliphatic rings. The molecule has 0 radical (unpaired) electrons. The van der Waals surface area contributed by atoms with Gasteiger partial charge in [-0.1, -0.05) is 23.2 Å². The highest BCUT2D eigenvalue weighted by molar-refractivity contribution is 6.36. The Bertz CT molecular complexity index is 173. The Morgan fingerprint density at radius 1 is 1.67 bits per heavy atom. The summed E-state index contributed by atoms with van der Waals surface area (Å²) in [5.74, 6) is 0. The molecule has 0 aromatic rings. The SMILES string of the molecule is NC(=O)OCCNCC(Cl)=CCl. The molecule has 0 spiro atoms. The average Bonchev–Trinajstić information content (AvgIpc) is 2.03. The van der Waals surface area contributed by atoms with Gasteiger partial charge >= 0.3 is 6.09 Å². The number of carbonyl (C=O) groups excluding carboxylic acids is 1. The highest BCUT2D eigenvalue weighted by Gasteiger charge is 1.93. The van der Waals surface area contributed by atoms with E-state index in [1.54, 1.807) is 0 Å². The third-order valence-electron chi connectivity index (χ3n) is 0.935. The van der Waals surface area contributed by atoms with Gasteiger partial charge in [0.1, 0.15) is 6.61 Å². The minimum Gasteiger partial charge on any atom is -0.448 e. The molecule has 0 saturated carbocycles.